The number of carbonyl (C=O) groups is 1. The number of aromatic nitrogens is 2. The van der Waals surface area contributed by atoms with Gasteiger partial charge in [-0.3, -0.25) is 9.52 Å². The molecule has 106 valence electrons. The lowest BCUT2D eigenvalue weighted by atomic mass is 10.0. The van der Waals surface area contributed by atoms with Gasteiger partial charge < -0.3 is 5.32 Å². The van der Waals surface area contributed by atoms with Crippen LogP contribution in [0.4, 0.5) is 10.3 Å². The van der Waals surface area contributed by atoms with Crippen LogP contribution in [0.3, 0.4) is 0 Å². The second-order valence-electron chi connectivity index (χ2n) is 4.69. The summed E-state index contributed by atoms with van der Waals surface area (Å²) in [5, 5.41) is 10.5. The molecule has 9 heteroatoms. The van der Waals surface area contributed by atoms with Crippen LogP contribution in [0, 0.1) is 5.92 Å². The van der Waals surface area contributed by atoms with E-state index in [1.165, 1.54) is 12.8 Å². The Morgan fingerprint density at radius 2 is 1.95 bits per heavy atom. The molecule has 7 nitrogen and oxygen atoms in total. The van der Waals surface area contributed by atoms with Crippen LogP contribution < -0.4 is 10.0 Å². The lowest BCUT2D eigenvalue weighted by Gasteiger charge is -2.06. The van der Waals surface area contributed by atoms with Gasteiger partial charge in [-0.15, -0.1) is 10.2 Å². The monoisotopic (exact) mass is 304 g/mol. The zero-order valence-corrected chi connectivity index (χ0v) is 12.2. The zero-order valence-electron chi connectivity index (χ0n) is 10.5. The van der Waals surface area contributed by atoms with E-state index in [1.54, 1.807) is 0 Å². The summed E-state index contributed by atoms with van der Waals surface area (Å²) in [4.78, 5) is 11.8. The summed E-state index contributed by atoms with van der Waals surface area (Å²) in [5.74, 6) is 0.371. The summed E-state index contributed by atoms with van der Waals surface area (Å²) in [6.07, 6.45) is 6.12. The Kier molecular flexibility index (Phi) is 4.35. The van der Waals surface area contributed by atoms with E-state index in [4.69, 9.17) is 0 Å². The van der Waals surface area contributed by atoms with Crippen molar-refractivity contribution in [3.8, 4) is 0 Å². The predicted molar refractivity (Wildman–Crippen MR) is 73.6 cm³/mol. The molecular formula is C10H16N4O3S2. The number of hydrogen-bond donors (Lipinski definition) is 2. The smallest absolute Gasteiger partial charge is 0.231 e. The number of hydrogen-bond acceptors (Lipinski definition) is 6. The van der Waals surface area contributed by atoms with E-state index in [1.807, 2.05) is 0 Å². The maximum atomic E-state index is 11.8. The van der Waals surface area contributed by atoms with E-state index in [9.17, 15) is 13.2 Å². The summed E-state index contributed by atoms with van der Waals surface area (Å²) >= 11 is 1.00. The molecule has 0 atom stereocenters. The lowest BCUT2D eigenvalue weighted by Crippen LogP contribution is -2.14. The SMILES string of the molecule is CS(=O)(=O)Nc1nnc(NC(=O)CC2CCCC2)s1. The van der Waals surface area contributed by atoms with Crippen LogP contribution in [-0.2, 0) is 14.8 Å². The van der Waals surface area contributed by atoms with Crippen LogP contribution in [0.25, 0.3) is 0 Å². The quantitative estimate of drug-likeness (QED) is 0.857. The molecule has 1 aromatic heterocycles. The van der Waals surface area contributed by atoms with Crippen molar-refractivity contribution in [3.63, 3.8) is 0 Å². The van der Waals surface area contributed by atoms with Crippen molar-refractivity contribution in [1.29, 1.82) is 0 Å². The normalized spacial score (nSPS) is 16.5. The number of sulfonamides is 1. The van der Waals surface area contributed by atoms with E-state index in [0.29, 0.717) is 17.5 Å². The fraction of sp³-hybridized carbons (Fsp3) is 0.700. The highest BCUT2D eigenvalue weighted by molar-refractivity contribution is 7.92. The van der Waals surface area contributed by atoms with Crippen LogP contribution in [0.15, 0.2) is 0 Å². The average Bonchev–Trinajstić information content (AvgIpc) is 2.88. The molecule has 0 bridgehead atoms. The fourth-order valence-electron chi connectivity index (χ4n) is 2.12. The van der Waals surface area contributed by atoms with Gasteiger partial charge in [-0.05, 0) is 18.8 Å². The minimum Gasteiger partial charge on any atom is -0.300 e. The van der Waals surface area contributed by atoms with Gasteiger partial charge in [-0.1, -0.05) is 24.2 Å². The molecule has 1 heterocycles. The topological polar surface area (TPSA) is 101 Å². The highest BCUT2D eigenvalue weighted by Crippen LogP contribution is 2.28. The Balaban J connectivity index is 1.87. The molecule has 2 N–H and O–H groups in total. The number of carbonyl (C=O) groups excluding carboxylic acids is 1. The van der Waals surface area contributed by atoms with Gasteiger partial charge in [0.15, 0.2) is 0 Å². The molecule has 1 aliphatic rings. The largest absolute Gasteiger partial charge is 0.300 e. The van der Waals surface area contributed by atoms with Crippen molar-refractivity contribution in [2.45, 2.75) is 32.1 Å². The van der Waals surface area contributed by atoms with Gasteiger partial charge in [0.25, 0.3) is 0 Å². The highest BCUT2D eigenvalue weighted by atomic mass is 32.2. The number of nitrogens with zero attached hydrogens (tertiary/aromatic N) is 2. The average molecular weight is 304 g/mol. The number of rotatable bonds is 5. The molecule has 19 heavy (non-hydrogen) atoms. The van der Waals surface area contributed by atoms with Crippen molar-refractivity contribution >= 4 is 37.5 Å². The summed E-state index contributed by atoms with van der Waals surface area (Å²) in [7, 11) is -3.37. The van der Waals surface area contributed by atoms with Gasteiger partial charge >= 0.3 is 0 Å². The molecule has 1 aromatic rings. The van der Waals surface area contributed by atoms with Crippen LogP contribution in [0.2, 0.25) is 0 Å². The van der Waals surface area contributed by atoms with E-state index >= 15 is 0 Å². The third-order valence-corrected chi connectivity index (χ3v) is 4.34. The van der Waals surface area contributed by atoms with Gasteiger partial charge in [0.2, 0.25) is 26.2 Å². The van der Waals surface area contributed by atoms with E-state index in [-0.39, 0.29) is 11.0 Å². The minimum atomic E-state index is -3.37. The maximum Gasteiger partial charge on any atom is 0.231 e. The van der Waals surface area contributed by atoms with Gasteiger partial charge in [0.1, 0.15) is 0 Å². The molecule has 0 aromatic carbocycles. The molecule has 0 saturated heterocycles. The predicted octanol–water partition coefficient (Wildman–Crippen LogP) is 1.43. The van der Waals surface area contributed by atoms with Crippen molar-refractivity contribution < 1.29 is 13.2 Å². The molecule has 1 fully saturated rings. The minimum absolute atomic E-state index is 0.0889. The van der Waals surface area contributed by atoms with Crippen LogP contribution >= 0.6 is 11.3 Å². The first-order chi connectivity index (χ1) is 8.92. The second kappa shape index (κ2) is 5.83. The third kappa shape index (κ3) is 4.75. The van der Waals surface area contributed by atoms with Crippen molar-refractivity contribution in [1.82, 2.24) is 10.2 Å². The fourth-order valence-corrected chi connectivity index (χ4v) is 3.61. The third-order valence-electron chi connectivity index (χ3n) is 2.89. The van der Waals surface area contributed by atoms with E-state index in [2.05, 4.69) is 20.2 Å². The molecule has 1 aliphatic carbocycles. The zero-order chi connectivity index (χ0) is 13.9. The molecule has 0 spiro atoms. The van der Waals surface area contributed by atoms with Gasteiger partial charge in [-0.2, -0.15) is 0 Å². The van der Waals surface area contributed by atoms with Crippen molar-refractivity contribution in [2.24, 2.45) is 5.92 Å². The Morgan fingerprint density at radius 3 is 2.58 bits per heavy atom. The highest BCUT2D eigenvalue weighted by Gasteiger charge is 2.19. The van der Waals surface area contributed by atoms with Gasteiger partial charge in [0.05, 0.1) is 6.26 Å². The molecule has 0 radical (unpaired) electrons. The number of anilines is 2. The molecule has 0 aliphatic heterocycles. The number of nitrogens with one attached hydrogen (secondary N) is 2. The standard InChI is InChI=1S/C10H16N4O3S2/c1-19(16,17)14-10-13-12-9(18-10)11-8(15)6-7-4-2-3-5-7/h7H,2-6H2,1H3,(H,13,14)(H,11,12,15). The van der Waals surface area contributed by atoms with E-state index < -0.39 is 10.0 Å². The first-order valence-electron chi connectivity index (χ1n) is 6.03. The molecule has 2 rings (SSSR count). The summed E-state index contributed by atoms with van der Waals surface area (Å²) in [6.45, 7) is 0. The molecular weight excluding hydrogens is 288 g/mol. The van der Waals surface area contributed by atoms with E-state index in [0.717, 1.165) is 30.4 Å². The summed E-state index contributed by atoms with van der Waals surface area (Å²) in [5.41, 5.74) is 0. The summed E-state index contributed by atoms with van der Waals surface area (Å²) < 4.78 is 24.2. The lowest BCUT2D eigenvalue weighted by molar-refractivity contribution is -0.117. The van der Waals surface area contributed by atoms with Crippen molar-refractivity contribution in [3.05, 3.63) is 0 Å². The van der Waals surface area contributed by atoms with Gasteiger partial charge in [0, 0.05) is 6.42 Å². The van der Waals surface area contributed by atoms with Crippen LogP contribution in [0.5, 0.6) is 0 Å². The summed E-state index contributed by atoms with van der Waals surface area (Å²) in [6, 6.07) is 0. The second-order valence-corrected chi connectivity index (χ2v) is 7.42. The molecule has 1 saturated carbocycles. The maximum absolute atomic E-state index is 11.8. The van der Waals surface area contributed by atoms with Crippen LogP contribution in [-0.4, -0.2) is 30.8 Å². The Morgan fingerprint density at radius 1 is 1.32 bits per heavy atom. The first kappa shape index (κ1) is 14.2. The molecule has 0 unspecified atom stereocenters. The van der Waals surface area contributed by atoms with Crippen molar-refractivity contribution in [2.75, 3.05) is 16.3 Å². The van der Waals surface area contributed by atoms with Crippen LogP contribution in [0.1, 0.15) is 32.1 Å². The molecule has 1 amide bonds. The Hall–Kier alpha value is -1.22. The Labute approximate surface area is 115 Å². The Bertz CT molecular complexity index is 549. The van der Waals surface area contributed by atoms with Gasteiger partial charge in [-0.25, -0.2) is 8.42 Å². The first-order valence-corrected chi connectivity index (χ1v) is 8.74. The number of amides is 1.